The molecule has 2 heterocycles. The van der Waals surface area contributed by atoms with Gasteiger partial charge in [-0.2, -0.15) is 0 Å². The molecule has 24 heavy (non-hydrogen) atoms. The van der Waals surface area contributed by atoms with E-state index < -0.39 is 0 Å². The highest BCUT2D eigenvalue weighted by molar-refractivity contribution is 7.80. The summed E-state index contributed by atoms with van der Waals surface area (Å²) in [4.78, 5) is 5.21. The predicted octanol–water partition coefficient (Wildman–Crippen LogP) is 3.16. The molecule has 0 fully saturated rings. The number of ether oxygens (including phenoxy) is 2. The first-order valence-electron chi connectivity index (χ1n) is 7.51. The molecule has 0 saturated carbocycles. The van der Waals surface area contributed by atoms with Crippen LogP contribution < -0.4 is 15.2 Å². The summed E-state index contributed by atoms with van der Waals surface area (Å²) < 4.78 is 12.7. The fourth-order valence-electron chi connectivity index (χ4n) is 2.75. The van der Waals surface area contributed by atoms with Gasteiger partial charge >= 0.3 is 0 Å². The lowest BCUT2D eigenvalue weighted by Crippen LogP contribution is -2.13. The summed E-state index contributed by atoms with van der Waals surface area (Å²) in [6.45, 7) is 2.04. The van der Waals surface area contributed by atoms with Crippen LogP contribution in [0.3, 0.4) is 0 Å². The second-order valence-electron chi connectivity index (χ2n) is 5.55. The lowest BCUT2D eigenvalue weighted by atomic mass is 10.1. The zero-order chi connectivity index (χ0) is 17.3. The number of fused-ring (bicyclic) bond motifs is 1. The van der Waals surface area contributed by atoms with Gasteiger partial charge in [-0.1, -0.05) is 12.2 Å². The molecule has 0 aliphatic carbocycles. The van der Waals surface area contributed by atoms with E-state index in [-0.39, 0.29) is 0 Å². The van der Waals surface area contributed by atoms with Gasteiger partial charge in [-0.15, -0.1) is 0 Å². The standard InChI is InChI=1S/C18H19N3O2S/c1-11-6-7-21-13(10-16(19)24)18(20-17(21)8-11)12-4-5-14(22-2)15(9-12)23-3/h4-9H,10H2,1-3H3,(H2,19,24). The zero-order valence-corrected chi connectivity index (χ0v) is 14.7. The number of thiocarbonyl (C=S) groups is 1. The Morgan fingerprint density at radius 1 is 1.17 bits per heavy atom. The van der Waals surface area contributed by atoms with Crippen molar-refractivity contribution in [2.75, 3.05) is 14.2 Å². The molecule has 0 saturated heterocycles. The van der Waals surface area contributed by atoms with Crippen LogP contribution in [0.15, 0.2) is 36.5 Å². The minimum absolute atomic E-state index is 0.430. The maximum absolute atomic E-state index is 5.80. The second-order valence-corrected chi connectivity index (χ2v) is 6.08. The molecule has 0 aliphatic heterocycles. The highest BCUT2D eigenvalue weighted by Crippen LogP contribution is 2.34. The third kappa shape index (κ3) is 2.92. The highest BCUT2D eigenvalue weighted by atomic mass is 32.1. The maximum atomic E-state index is 5.80. The molecule has 0 unspecified atom stereocenters. The normalized spacial score (nSPS) is 10.8. The summed E-state index contributed by atoms with van der Waals surface area (Å²) in [5, 5.41) is 0. The molecule has 2 N–H and O–H groups in total. The third-order valence-electron chi connectivity index (χ3n) is 3.88. The molecule has 0 spiro atoms. The number of nitrogens with zero attached hydrogens (tertiary/aromatic N) is 2. The Morgan fingerprint density at radius 2 is 1.92 bits per heavy atom. The fraction of sp³-hybridized carbons (Fsp3) is 0.222. The molecule has 0 bridgehead atoms. The summed E-state index contributed by atoms with van der Waals surface area (Å²) >= 11 is 5.12. The molecular formula is C18H19N3O2S. The molecule has 0 amide bonds. The van der Waals surface area contributed by atoms with E-state index >= 15 is 0 Å². The van der Waals surface area contributed by atoms with Crippen molar-refractivity contribution in [3.05, 3.63) is 47.8 Å². The van der Waals surface area contributed by atoms with Crippen molar-refractivity contribution in [3.63, 3.8) is 0 Å². The van der Waals surface area contributed by atoms with Crippen LogP contribution in [0.25, 0.3) is 16.9 Å². The second kappa shape index (κ2) is 6.49. The first-order valence-corrected chi connectivity index (χ1v) is 7.92. The van der Waals surface area contributed by atoms with Gasteiger partial charge in [0.1, 0.15) is 5.65 Å². The van der Waals surface area contributed by atoms with Gasteiger partial charge in [0.05, 0.1) is 30.6 Å². The molecule has 124 valence electrons. The molecule has 0 aliphatic rings. The smallest absolute Gasteiger partial charge is 0.161 e. The van der Waals surface area contributed by atoms with Crippen molar-refractivity contribution in [3.8, 4) is 22.8 Å². The summed E-state index contributed by atoms with van der Waals surface area (Å²) in [7, 11) is 3.23. The van der Waals surface area contributed by atoms with Gasteiger partial charge in [-0.25, -0.2) is 4.98 Å². The maximum Gasteiger partial charge on any atom is 0.161 e. The minimum atomic E-state index is 0.430. The fourth-order valence-corrected chi connectivity index (χ4v) is 2.88. The van der Waals surface area contributed by atoms with Gasteiger partial charge in [0, 0.05) is 18.2 Å². The van der Waals surface area contributed by atoms with E-state index in [1.165, 1.54) is 0 Å². The number of benzene rings is 1. The number of hydrogen-bond donors (Lipinski definition) is 1. The van der Waals surface area contributed by atoms with Crippen LogP contribution in [0.2, 0.25) is 0 Å². The Kier molecular flexibility index (Phi) is 4.40. The molecule has 5 nitrogen and oxygen atoms in total. The summed E-state index contributed by atoms with van der Waals surface area (Å²) in [6.07, 6.45) is 2.47. The molecule has 3 rings (SSSR count). The van der Waals surface area contributed by atoms with Gasteiger partial charge in [0.25, 0.3) is 0 Å². The van der Waals surface area contributed by atoms with Crippen molar-refractivity contribution < 1.29 is 9.47 Å². The first kappa shape index (κ1) is 16.3. The van der Waals surface area contributed by atoms with Gasteiger partial charge in [0.15, 0.2) is 11.5 Å². The molecular weight excluding hydrogens is 322 g/mol. The number of rotatable bonds is 5. The SMILES string of the molecule is COc1ccc(-c2nc3cc(C)ccn3c2CC(N)=S)cc1OC. The Balaban J connectivity index is 2.22. The number of aromatic nitrogens is 2. The molecule has 6 heteroatoms. The molecule has 3 aromatic rings. The van der Waals surface area contributed by atoms with E-state index in [2.05, 4.69) is 0 Å². The van der Waals surface area contributed by atoms with Gasteiger partial charge in [0.2, 0.25) is 0 Å². The quantitative estimate of drug-likeness (QED) is 0.722. The van der Waals surface area contributed by atoms with Gasteiger partial charge < -0.3 is 19.6 Å². The van der Waals surface area contributed by atoms with Crippen LogP contribution in [-0.2, 0) is 6.42 Å². The van der Waals surface area contributed by atoms with Crippen LogP contribution >= 0.6 is 12.2 Å². The minimum Gasteiger partial charge on any atom is -0.493 e. The van der Waals surface area contributed by atoms with Crippen molar-refractivity contribution in [2.45, 2.75) is 13.3 Å². The van der Waals surface area contributed by atoms with E-state index in [1.807, 2.05) is 47.9 Å². The number of nitrogens with two attached hydrogens (primary N) is 1. The average Bonchev–Trinajstić information content (AvgIpc) is 2.91. The Hall–Kier alpha value is -2.60. The average molecular weight is 341 g/mol. The Bertz CT molecular complexity index is 918. The third-order valence-corrected chi connectivity index (χ3v) is 4.02. The molecule has 2 aromatic heterocycles. The zero-order valence-electron chi connectivity index (χ0n) is 13.9. The summed E-state index contributed by atoms with van der Waals surface area (Å²) in [5.74, 6) is 1.33. The molecule has 1 aromatic carbocycles. The van der Waals surface area contributed by atoms with E-state index in [9.17, 15) is 0 Å². The Morgan fingerprint density at radius 3 is 2.58 bits per heavy atom. The van der Waals surface area contributed by atoms with Crippen LogP contribution in [-0.4, -0.2) is 28.6 Å². The van der Waals surface area contributed by atoms with Crippen LogP contribution in [0, 0.1) is 6.92 Å². The van der Waals surface area contributed by atoms with E-state index in [0.717, 1.165) is 28.2 Å². The highest BCUT2D eigenvalue weighted by Gasteiger charge is 2.16. The van der Waals surface area contributed by atoms with Crippen LogP contribution in [0.5, 0.6) is 11.5 Å². The first-order chi connectivity index (χ1) is 11.5. The lowest BCUT2D eigenvalue weighted by molar-refractivity contribution is 0.355. The van der Waals surface area contributed by atoms with Gasteiger partial charge in [-0.3, -0.25) is 0 Å². The van der Waals surface area contributed by atoms with Crippen LogP contribution in [0.1, 0.15) is 11.3 Å². The number of imidazole rings is 1. The predicted molar refractivity (Wildman–Crippen MR) is 99.0 cm³/mol. The number of pyridine rings is 1. The topological polar surface area (TPSA) is 61.8 Å². The molecule has 0 atom stereocenters. The van der Waals surface area contributed by atoms with Crippen molar-refractivity contribution in [1.29, 1.82) is 0 Å². The lowest BCUT2D eigenvalue weighted by Gasteiger charge is -2.10. The monoisotopic (exact) mass is 341 g/mol. The van der Waals surface area contributed by atoms with E-state index in [0.29, 0.717) is 22.9 Å². The van der Waals surface area contributed by atoms with E-state index in [4.69, 9.17) is 32.4 Å². The van der Waals surface area contributed by atoms with Gasteiger partial charge in [-0.05, 0) is 42.8 Å². The number of hydrogen-bond acceptors (Lipinski definition) is 4. The summed E-state index contributed by atoms with van der Waals surface area (Å²) in [5.41, 5.74) is 10.5. The van der Waals surface area contributed by atoms with Crippen molar-refractivity contribution in [1.82, 2.24) is 9.38 Å². The number of methoxy groups -OCH3 is 2. The summed E-state index contributed by atoms with van der Waals surface area (Å²) in [6, 6.07) is 9.81. The van der Waals surface area contributed by atoms with Crippen LogP contribution in [0.4, 0.5) is 0 Å². The Labute approximate surface area is 146 Å². The number of aryl methyl sites for hydroxylation is 1. The van der Waals surface area contributed by atoms with E-state index in [1.54, 1.807) is 14.2 Å². The molecule has 0 radical (unpaired) electrons. The van der Waals surface area contributed by atoms with Crippen molar-refractivity contribution >= 4 is 22.9 Å². The largest absolute Gasteiger partial charge is 0.493 e. The van der Waals surface area contributed by atoms with Crippen molar-refractivity contribution in [2.24, 2.45) is 5.73 Å².